The van der Waals surface area contributed by atoms with Gasteiger partial charge < -0.3 is 0 Å². The molecule has 0 aromatic carbocycles. The molecule has 0 atom stereocenters. The Kier molecular flexibility index (Phi) is 22.3. The third-order valence-corrected chi connectivity index (χ3v) is 39.3. The van der Waals surface area contributed by atoms with Gasteiger partial charge in [-0.05, 0) is 0 Å². The molecule has 0 aliphatic rings. The van der Waals surface area contributed by atoms with E-state index in [2.05, 4.69) is 7.56 Å². The van der Waals surface area contributed by atoms with Crippen molar-refractivity contribution in [2.45, 2.75) is 179 Å². The van der Waals surface area contributed by atoms with E-state index in [4.69, 9.17) is 0 Å². The van der Waals surface area contributed by atoms with Crippen LogP contribution in [0, 0.1) is 0 Å². The summed E-state index contributed by atoms with van der Waals surface area (Å²) >= 11 is -28.0. The van der Waals surface area contributed by atoms with Gasteiger partial charge in [-0.25, -0.2) is 0 Å². The molecule has 0 spiro atoms. The minimum atomic E-state index is -14.0. The molecule has 3 nitrogen and oxygen atoms in total. The number of unbranched alkanes of at least 4 members (excludes halogenated alkanes) is 10. The molecule has 0 N–H and O–H groups in total. The topological polar surface area (TPSA) is 27.7 Å². The van der Waals surface area contributed by atoms with E-state index in [-0.39, 0.29) is 38.5 Å². The Morgan fingerprint density at radius 1 is 0.233 bits per heavy atom. The molecule has 41 heteroatoms. The maximum absolute atomic E-state index is 16.5. The molecule has 0 saturated heterocycles. The van der Waals surface area contributed by atoms with Gasteiger partial charge >= 0.3 is 396 Å². The van der Waals surface area contributed by atoms with Crippen LogP contribution in [0.1, 0.15) is 90.9 Å². The molecule has 0 aromatic rings. The van der Waals surface area contributed by atoms with Crippen LogP contribution < -0.4 is 0 Å². The standard InChI is InChI=1S/2C8H17O.4C4F9.O.2Sn/c2*1-2-3-4-5-6-7-8-9;4*5-1(6)2(7,8)3(9,10)4(11,12)13;;;/h2*2-8H2,1H3;;;;;;;/q2*-1;;;;;;2*+1. The van der Waals surface area contributed by atoms with Crippen molar-refractivity contribution >= 4 is 38.4 Å². The molecule has 440 valence electrons. The number of halogens is 36. The second-order valence-corrected chi connectivity index (χ2v) is 35.8. The fraction of sp³-hybridized carbons (Fsp3) is 1.00. The number of hydrogen-bond donors (Lipinski definition) is 0. The quantitative estimate of drug-likeness (QED) is 0.0408. The third kappa shape index (κ3) is 11.8. The Labute approximate surface area is 395 Å². The fourth-order valence-electron chi connectivity index (χ4n) is 5.80. The molecule has 0 radical (unpaired) electrons. The first-order chi connectivity index (χ1) is 31.8. The van der Waals surface area contributed by atoms with E-state index in [1.165, 1.54) is 13.8 Å². The predicted octanol–water partition coefficient (Wildman–Crippen LogP) is 16.7. The van der Waals surface area contributed by atoms with Gasteiger partial charge in [0.25, 0.3) is 0 Å². The molecule has 0 saturated carbocycles. The summed E-state index contributed by atoms with van der Waals surface area (Å²) in [7, 11) is 0. The van der Waals surface area contributed by atoms with Gasteiger partial charge in [0.1, 0.15) is 0 Å². The van der Waals surface area contributed by atoms with Gasteiger partial charge in [0.2, 0.25) is 0 Å². The first-order valence-electron chi connectivity index (χ1n) is 19.6. The molecule has 0 aliphatic carbocycles. The average molecular weight is 1390 g/mol. The summed E-state index contributed by atoms with van der Waals surface area (Å²) in [4.78, 5) is 0. The van der Waals surface area contributed by atoms with Crippen LogP contribution in [0.5, 0.6) is 0 Å². The summed E-state index contributed by atoms with van der Waals surface area (Å²) in [5, 5.41) is 0. The van der Waals surface area contributed by atoms with E-state index < -0.39 is 178 Å². The Morgan fingerprint density at radius 3 is 0.562 bits per heavy atom. The zero-order valence-electron chi connectivity index (χ0n) is 35.7. The maximum atomic E-state index is 16.5. The molecule has 0 heterocycles. The predicted molar refractivity (Wildman–Crippen MR) is 175 cm³/mol. The average Bonchev–Trinajstić information content (AvgIpc) is 3.19. The fourth-order valence-corrected chi connectivity index (χ4v) is 41.9. The van der Waals surface area contributed by atoms with E-state index in [9.17, 15) is 87.8 Å². The van der Waals surface area contributed by atoms with Gasteiger partial charge in [-0.15, -0.1) is 0 Å². The Balaban J connectivity index is 10.6. The molecule has 0 amide bonds. The zero-order chi connectivity index (χ0) is 59.0. The zero-order valence-corrected chi connectivity index (χ0v) is 41.4. The third-order valence-electron chi connectivity index (χ3n) is 10.1. The molecule has 0 aromatic heterocycles. The number of rotatable bonds is 30. The van der Waals surface area contributed by atoms with Crippen LogP contribution in [0.4, 0.5) is 158 Å². The van der Waals surface area contributed by atoms with Gasteiger partial charge in [0, 0.05) is 0 Å². The first kappa shape index (κ1) is 72.0. The molecule has 0 aliphatic heterocycles. The number of alkyl halides is 36. The summed E-state index contributed by atoms with van der Waals surface area (Å²) in [6.07, 6.45) is -44.5. The van der Waals surface area contributed by atoms with Crippen molar-refractivity contribution in [1.82, 2.24) is 0 Å². The van der Waals surface area contributed by atoms with Crippen LogP contribution in [0.25, 0.3) is 0 Å². The SMILES string of the molecule is CCCCCCCC[O][Sn]([O][Sn]([O]CCCCCCCC)([C](F)(F)C(F)(F)C(F)(F)C(F)(F)F)[C](F)(F)C(F)(F)C(F)(F)C(F)(F)F)([C](F)(F)C(F)(F)C(F)(F)C(F)(F)F)[C](F)(F)C(F)(F)C(F)(F)C(F)(F)F. The summed E-state index contributed by atoms with van der Waals surface area (Å²) < 4.78 is 498. The van der Waals surface area contributed by atoms with Crippen molar-refractivity contribution in [2.24, 2.45) is 0 Å². The number of hydrogen-bond acceptors (Lipinski definition) is 3. The second kappa shape index (κ2) is 22.6. The van der Waals surface area contributed by atoms with Crippen molar-refractivity contribution in [3.63, 3.8) is 0 Å². The molecule has 0 unspecified atom stereocenters. The second-order valence-electron chi connectivity index (χ2n) is 15.5. The van der Waals surface area contributed by atoms with E-state index >= 15 is 70.2 Å². The van der Waals surface area contributed by atoms with Crippen LogP contribution in [0.3, 0.4) is 0 Å². The molecule has 73 heavy (non-hydrogen) atoms. The van der Waals surface area contributed by atoms with Gasteiger partial charge in [-0.1, -0.05) is 0 Å². The normalized spacial score (nSPS) is 16.2. The van der Waals surface area contributed by atoms with Crippen LogP contribution in [-0.4, -0.2) is 139 Å². The van der Waals surface area contributed by atoms with E-state index in [0.717, 1.165) is 0 Å². The minimum absolute atomic E-state index is 0.0552. The van der Waals surface area contributed by atoms with Gasteiger partial charge in [0.15, 0.2) is 0 Å². The first-order valence-corrected chi connectivity index (χ1v) is 30.0. The van der Waals surface area contributed by atoms with Gasteiger partial charge in [0.05, 0.1) is 0 Å². The molecular formula is C32H34F36O3Sn2. The van der Waals surface area contributed by atoms with Gasteiger partial charge in [-0.2, -0.15) is 0 Å². The Hall–Kier alpha value is -1.04. The molecule has 0 bridgehead atoms. The van der Waals surface area contributed by atoms with Crippen molar-refractivity contribution in [2.75, 3.05) is 13.2 Å². The molecule has 0 rings (SSSR count). The van der Waals surface area contributed by atoms with Crippen molar-refractivity contribution in [3.05, 3.63) is 0 Å². The van der Waals surface area contributed by atoms with E-state index in [1.54, 1.807) is 0 Å². The van der Waals surface area contributed by atoms with Crippen molar-refractivity contribution < 1.29 is 166 Å². The summed E-state index contributed by atoms with van der Waals surface area (Å²) in [6.45, 7) is -4.34. The van der Waals surface area contributed by atoms with Gasteiger partial charge in [-0.3, -0.25) is 0 Å². The van der Waals surface area contributed by atoms with Crippen LogP contribution in [0.2, 0.25) is 0 Å². The van der Waals surface area contributed by atoms with Crippen LogP contribution >= 0.6 is 0 Å². The Bertz CT molecular complexity index is 1530. The van der Waals surface area contributed by atoms with E-state index in [0.29, 0.717) is 0 Å². The monoisotopic (exact) mass is 1390 g/mol. The Morgan fingerprint density at radius 2 is 0.397 bits per heavy atom. The van der Waals surface area contributed by atoms with Crippen LogP contribution in [-0.2, 0) is 7.56 Å². The van der Waals surface area contributed by atoms with E-state index in [1.807, 2.05) is 0 Å². The molecular weight excluding hydrogens is 1350 g/mol. The van der Waals surface area contributed by atoms with Crippen molar-refractivity contribution in [1.29, 1.82) is 0 Å². The molecule has 0 fully saturated rings. The van der Waals surface area contributed by atoms with Crippen LogP contribution in [0.15, 0.2) is 0 Å². The summed E-state index contributed by atoms with van der Waals surface area (Å²) in [6, 6.07) is 0. The summed E-state index contributed by atoms with van der Waals surface area (Å²) in [5.41, 5.74) is 0. The van der Waals surface area contributed by atoms with Crippen molar-refractivity contribution in [3.8, 4) is 0 Å². The summed E-state index contributed by atoms with van der Waals surface area (Å²) in [5.74, 6) is -77.1.